The van der Waals surface area contributed by atoms with Gasteiger partial charge in [0.15, 0.2) is 0 Å². The van der Waals surface area contributed by atoms with E-state index in [0.717, 1.165) is 5.56 Å². The molecule has 19 heavy (non-hydrogen) atoms. The van der Waals surface area contributed by atoms with Crippen molar-refractivity contribution in [2.45, 2.75) is 26.1 Å². The van der Waals surface area contributed by atoms with Crippen molar-refractivity contribution in [1.82, 2.24) is 4.90 Å². The van der Waals surface area contributed by atoms with Crippen molar-refractivity contribution in [2.75, 3.05) is 12.4 Å². The van der Waals surface area contributed by atoms with E-state index < -0.39 is 6.04 Å². The Balaban J connectivity index is 2.94. The summed E-state index contributed by atoms with van der Waals surface area (Å²) < 4.78 is 0. The fraction of sp³-hybridized carbons (Fsp3) is 0.385. The van der Waals surface area contributed by atoms with E-state index in [9.17, 15) is 14.7 Å². The van der Waals surface area contributed by atoms with Crippen LogP contribution in [0, 0.1) is 0 Å². The molecule has 0 spiro atoms. The van der Waals surface area contributed by atoms with Crippen LogP contribution in [0.2, 0.25) is 0 Å². The molecule has 0 saturated heterocycles. The number of nitrogens with one attached hydrogen (secondary N) is 1. The molecule has 0 aromatic heterocycles. The van der Waals surface area contributed by atoms with Gasteiger partial charge >= 0.3 is 0 Å². The van der Waals surface area contributed by atoms with Crippen LogP contribution in [0.5, 0.6) is 0 Å². The molecule has 0 saturated carbocycles. The number of amides is 2. The Labute approximate surface area is 112 Å². The maximum Gasteiger partial charge on any atom is 0.240 e. The molecule has 0 radical (unpaired) electrons. The monoisotopic (exact) mass is 265 g/mol. The molecule has 1 rings (SSSR count). The minimum atomic E-state index is -0.599. The number of anilines is 1. The van der Waals surface area contributed by atoms with Gasteiger partial charge in [-0.3, -0.25) is 9.59 Å². The Morgan fingerprint density at radius 2 is 2.21 bits per heavy atom. The van der Waals surface area contributed by atoms with E-state index in [0.29, 0.717) is 24.2 Å². The Morgan fingerprint density at radius 1 is 1.53 bits per heavy atom. The fourth-order valence-electron chi connectivity index (χ4n) is 1.57. The van der Waals surface area contributed by atoms with Gasteiger partial charge in [-0.2, -0.15) is 0 Å². The average Bonchev–Trinajstić information content (AvgIpc) is 2.38. The second kappa shape index (κ2) is 6.86. The van der Waals surface area contributed by atoms with Crippen molar-refractivity contribution in [3.05, 3.63) is 29.3 Å². The van der Waals surface area contributed by atoms with Crippen molar-refractivity contribution in [2.24, 2.45) is 5.73 Å². The van der Waals surface area contributed by atoms with Crippen molar-refractivity contribution in [1.29, 1.82) is 0 Å². The number of rotatable bonds is 6. The lowest BCUT2D eigenvalue weighted by Gasteiger charge is -2.16. The highest BCUT2D eigenvalue weighted by Crippen LogP contribution is 2.17. The van der Waals surface area contributed by atoms with Crippen LogP contribution in [0.25, 0.3) is 0 Å². The second-order valence-corrected chi connectivity index (χ2v) is 4.44. The predicted octanol–water partition coefficient (Wildman–Crippen LogP) is 0.0528. The summed E-state index contributed by atoms with van der Waals surface area (Å²) in [5.41, 5.74) is 7.56. The molecule has 0 aliphatic carbocycles. The van der Waals surface area contributed by atoms with Crippen molar-refractivity contribution < 1.29 is 14.7 Å². The summed E-state index contributed by atoms with van der Waals surface area (Å²) >= 11 is 0. The first kappa shape index (κ1) is 15.1. The van der Waals surface area contributed by atoms with E-state index in [2.05, 4.69) is 5.32 Å². The molecule has 2 amide bonds. The molecule has 0 bridgehead atoms. The minimum Gasteiger partial charge on any atom is -0.392 e. The first-order chi connectivity index (χ1) is 8.97. The Hall–Kier alpha value is -1.92. The summed E-state index contributed by atoms with van der Waals surface area (Å²) in [6, 6.07) is 4.53. The van der Waals surface area contributed by atoms with Gasteiger partial charge in [-0.05, 0) is 30.2 Å². The normalized spacial score (nSPS) is 11.8. The smallest absolute Gasteiger partial charge is 0.240 e. The van der Waals surface area contributed by atoms with Gasteiger partial charge in [0.05, 0.1) is 12.6 Å². The minimum absolute atomic E-state index is 0.121. The summed E-state index contributed by atoms with van der Waals surface area (Å²) in [7, 11) is 1.64. The summed E-state index contributed by atoms with van der Waals surface area (Å²) in [5.74, 6) is -0.286. The SMILES string of the molecule is CC(N)C(=O)Nc1ccc(CO)c(CN(C)C=O)c1. The Kier molecular flexibility index (Phi) is 5.47. The van der Waals surface area contributed by atoms with Crippen LogP contribution in [0.15, 0.2) is 18.2 Å². The van der Waals surface area contributed by atoms with Gasteiger partial charge < -0.3 is 21.1 Å². The molecule has 0 aliphatic rings. The standard InChI is InChI=1S/C13H19N3O3/c1-9(14)13(19)15-12-4-3-10(7-17)11(5-12)6-16(2)8-18/h3-5,8-9,17H,6-7,14H2,1-2H3,(H,15,19). The van der Waals surface area contributed by atoms with Gasteiger partial charge in [-0.1, -0.05) is 6.07 Å². The molecular formula is C13H19N3O3. The number of carbonyl (C=O) groups excluding carboxylic acids is 2. The molecule has 1 aromatic rings. The van der Waals surface area contributed by atoms with Crippen LogP contribution < -0.4 is 11.1 Å². The molecule has 4 N–H and O–H groups in total. The summed E-state index contributed by atoms with van der Waals surface area (Å²) in [6.45, 7) is 1.84. The number of hydrogen-bond donors (Lipinski definition) is 3. The third kappa shape index (κ3) is 4.35. The maximum atomic E-state index is 11.5. The first-order valence-electron chi connectivity index (χ1n) is 5.92. The van der Waals surface area contributed by atoms with Crippen molar-refractivity contribution >= 4 is 18.0 Å². The van der Waals surface area contributed by atoms with Crippen LogP contribution >= 0.6 is 0 Å². The molecule has 0 aliphatic heterocycles. The molecule has 0 fully saturated rings. The highest BCUT2D eigenvalue weighted by molar-refractivity contribution is 5.94. The zero-order valence-electron chi connectivity index (χ0n) is 11.1. The van der Waals surface area contributed by atoms with Crippen LogP contribution in [-0.4, -0.2) is 35.4 Å². The lowest BCUT2D eigenvalue weighted by molar-refractivity contribution is -0.118. The first-order valence-corrected chi connectivity index (χ1v) is 5.92. The zero-order valence-corrected chi connectivity index (χ0v) is 11.1. The molecule has 104 valence electrons. The number of aliphatic hydroxyl groups excluding tert-OH is 1. The molecule has 0 heterocycles. The lowest BCUT2D eigenvalue weighted by atomic mass is 10.1. The molecule has 6 heteroatoms. The number of benzene rings is 1. The number of nitrogens with zero attached hydrogens (tertiary/aromatic N) is 1. The van der Waals surface area contributed by atoms with Crippen LogP contribution in [0.3, 0.4) is 0 Å². The highest BCUT2D eigenvalue weighted by Gasteiger charge is 2.10. The van der Waals surface area contributed by atoms with Gasteiger partial charge in [-0.15, -0.1) is 0 Å². The molecule has 1 aromatic carbocycles. The predicted molar refractivity (Wildman–Crippen MR) is 72.2 cm³/mol. The Morgan fingerprint density at radius 3 is 2.74 bits per heavy atom. The lowest BCUT2D eigenvalue weighted by Crippen LogP contribution is -2.32. The molecular weight excluding hydrogens is 246 g/mol. The maximum absolute atomic E-state index is 11.5. The van der Waals surface area contributed by atoms with Gasteiger partial charge in [0.25, 0.3) is 0 Å². The Bertz CT molecular complexity index is 460. The number of hydrogen-bond acceptors (Lipinski definition) is 4. The van der Waals surface area contributed by atoms with Crippen molar-refractivity contribution in [3.63, 3.8) is 0 Å². The highest BCUT2D eigenvalue weighted by atomic mass is 16.3. The van der Waals surface area contributed by atoms with E-state index in [4.69, 9.17) is 5.73 Å². The summed E-state index contributed by atoms with van der Waals surface area (Å²) in [6.07, 6.45) is 0.703. The van der Waals surface area contributed by atoms with Crippen molar-refractivity contribution in [3.8, 4) is 0 Å². The van der Waals surface area contributed by atoms with Gasteiger partial charge in [0.2, 0.25) is 12.3 Å². The number of aliphatic hydroxyl groups is 1. The second-order valence-electron chi connectivity index (χ2n) is 4.44. The van der Waals surface area contributed by atoms with E-state index in [-0.39, 0.29) is 12.5 Å². The number of nitrogens with two attached hydrogens (primary N) is 1. The van der Waals surface area contributed by atoms with Gasteiger partial charge in [0, 0.05) is 19.3 Å². The average molecular weight is 265 g/mol. The third-order valence-electron chi connectivity index (χ3n) is 2.66. The molecule has 1 unspecified atom stereocenters. The summed E-state index contributed by atoms with van der Waals surface area (Å²) in [4.78, 5) is 23.6. The fourth-order valence-corrected chi connectivity index (χ4v) is 1.57. The van der Waals surface area contributed by atoms with E-state index in [1.165, 1.54) is 4.90 Å². The van der Waals surface area contributed by atoms with Gasteiger partial charge in [-0.25, -0.2) is 0 Å². The van der Waals surface area contributed by atoms with Crippen LogP contribution in [0.4, 0.5) is 5.69 Å². The van der Waals surface area contributed by atoms with E-state index >= 15 is 0 Å². The largest absolute Gasteiger partial charge is 0.392 e. The van der Waals surface area contributed by atoms with E-state index in [1.807, 2.05) is 0 Å². The number of carbonyl (C=O) groups is 2. The third-order valence-corrected chi connectivity index (χ3v) is 2.66. The molecule has 6 nitrogen and oxygen atoms in total. The summed E-state index contributed by atoms with van der Waals surface area (Å²) in [5, 5.41) is 11.9. The van der Waals surface area contributed by atoms with Crippen LogP contribution in [-0.2, 0) is 22.7 Å². The zero-order chi connectivity index (χ0) is 14.4. The van der Waals surface area contributed by atoms with E-state index in [1.54, 1.807) is 32.2 Å². The topological polar surface area (TPSA) is 95.7 Å². The van der Waals surface area contributed by atoms with Gasteiger partial charge in [0.1, 0.15) is 0 Å². The van der Waals surface area contributed by atoms with Crippen LogP contribution in [0.1, 0.15) is 18.1 Å². The molecule has 1 atom stereocenters. The quantitative estimate of drug-likeness (QED) is 0.633.